The van der Waals surface area contributed by atoms with Crippen LogP contribution < -0.4 is 4.90 Å². The highest BCUT2D eigenvalue weighted by atomic mass is 16.2. The highest BCUT2D eigenvalue weighted by Crippen LogP contribution is 2.13. The second-order valence-corrected chi connectivity index (χ2v) is 5.25. The van der Waals surface area contributed by atoms with Crippen LogP contribution in [0.25, 0.3) is 0 Å². The molecule has 1 aliphatic heterocycles. The maximum absolute atomic E-state index is 12.6. The van der Waals surface area contributed by atoms with Crippen molar-refractivity contribution < 1.29 is 4.79 Å². The van der Waals surface area contributed by atoms with Gasteiger partial charge in [0.05, 0.1) is 0 Å². The highest BCUT2D eigenvalue weighted by molar-refractivity contribution is 5.90. The summed E-state index contributed by atoms with van der Waals surface area (Å²) in [6.07, 6.45) is 6.11. The van der Waals surface area contributed by atoms with Gasteiger partial charge in [-0.1, -0.05) is 0 Å². The molecule has 3 rings (SSSR count). The fraction of sp³-hybridized carbons (Fsp3) is 0.467. The van der Waals surface area contributed by atoms with Crippen molar-refractivity contribution in [3.8, 4) is 0 Å². The molecule has 1 aliphatic rings. The number of carbonyl (C=O) groups is 1. The largest absolute Gasteiger partial charge is 0.353 e. The number of hydrogen-bond donors (Lipinski definition) is 0. The lowest BCUT2D eigenvalue weighted by Gasteiger charge is -2.22. The molecular formula is C15H20N6O. The van der Waals surface area contributed by atoms with Gasteiger partial charge in [0.2, 0.25) is 0 Å². The molecule has 0 aromatic carbocycles. The van der Waals surface area contributed by atoms with Crippen molar-refractivity contribution in [2.45, 2.75) is 19.9 Å². The standard InChI is InChI=1S/C15H20N6O/c1-2-19-10-7-16-14(19)15(22)21-9-4-8-20(11-12-21)13-5-3-6-17-18-13/h3,5-7,10H,2,4,8-9,11-12H2,1H3. The molecule has 0 aliphatic carbocycles. The third-order valence-electron chi connectivity index (χ3n) is 3.91. The molecule has 0 spiro atoms. The maximum Gasteiger partial charge on any atom is 0.289 e. The maximum atomic E-state index is 12.6. The van der Waals surface area contributed by atoms with Gasteiger partial charge in [0.25, 0.3) is 5.91 Å². The molecule has 0 radical (unpaired) electrons. The molecule has 0 unspecified atom stereocenters. The van der Waals surface area contributed by atoms with Crippen molar-refractivity contribution in [1.29, 1.82) is 0 Å². The number of imidazole rings is 1. The fourth-order valence-corrected chi connectivity index (χ4v) is 2.72. The number of hydrogen-bond acceptors (Lipinski definition) is 5. The van der Waals surface area contributed by atoms with Gasteiger partial charge < -0.3 is 14.4 Å². The van der Waals surface area contributed by atoms with E-state index in [1.165, 1.54) is 0 Å². The van der Waals surface area contributed by atoms with E-state index < -0.39 is 0 Å². The molecule has 1 amide bonds. The van der Waals surface area contributed by atoms with E-state index in [4.69, 9.17) is 0 Å². The highest BCUT2D eigenvalue weighted by Gasteiger charge is 2.23. The third-order valence-corrected chi connectivity index (χ3v) is 3.91. The van der Waals surface area contributed by atoms with Gasteiger partial charge in [-0.05, 0) is 25.5 Å². The quantitative estimate of drug-likeness (QED) is 0.847. The topological polar surface area (TPSA) is 67.2 Å². The van der Waals surface area contributed by atoms with E-state index in [9.17, 15) is 4.79 Å². The molecule has 0 atom stereocenters. The number of rotatable bonds is 3. The molecular weight excluding hydrogens is 280 g/mol. The number of carbonyl (C=O) groups excluding carboxylic acids is 1. The fourth-order valence-electron chi connectivity index (χ4n) is 2.72. The van der Waals surface area contributed by atoms with Crippen LogP contribution >= 0.6 is 0 Å². The van der Waals surface area contributed by atoms with Crippen LogP contribution in [0.3, 0.4) is 0 Å². The molecule has 7 heteroatoms. The molecule has 0 bridgehead atoms. The molecule has 116 valence electrons. The lowest BCUT2D eigenvalue weighted by molar-refractivity contribution is 0.0750. The minimum absolute atomic E-state index is 0.00726. The van der Waals surface area contributed by atoms with Crippen molar-refractivity contribution in [3.05, 3.63) is 36.5 Å². The molecule has 0 saturated carbocycles. The van der Waals surface area contributed by atoms with Crippen molar-refractivity contribution >= 4 is 11.7 Å². The van der Waals surface area contributed by atoms with E-state index in [1.807, 2.05) is 34.7 Å². The molecule has 0 N–H and O–H groups in total. The molecule has 3 heterocycles. The average molecular weight is 300 g/mol. The third kappa shape index (κ3) is 2.93. The van der Waals surface area contributed by atoms with Gasteiger partial charge in [0, 0.05) is 51.3 Å². The number of amides is 1. The average Bonchev–Trinajstić information content (AvgIpc) is 2.91. The van der Waals surface area contributed by atoms with E-state index in [0.717, 1.165) is 38.4 Å². The Balaban J connectivity index is 1.69. The second-order valence-electron chi connectivity index (χ2n) is 5.25. The summed E-state index contributed by atoms with van der Waals surface area (Å²) < 4.78 is 1.88. The number of aromatic nitrogens is 4. The van der Waals surface area contributed by atoms with Crippen molar-refractivity contribution in [2.75, 3.05) is 31.1 Å². The van der Waals surface area contributed by atoms with Gasteiger partial charge in [0.15, 0.2) is 11.6 Å². The molecule has 1 fully saturated rings. The zero-order valence-electron chi connectivity index (χ0n) is 12.7. The first-order valence-electron chi connectivity index (χ1n) is 7.62. The van der Waals surface area contributed by atoms with Crippen LogP contribution in [0.15, 0.2) is 30.7 Å². The van der Waals surface area contributed by atoms with Crippen LogP contribution in [0.4, 0.5) is 5.82 Å². The lowest BCUT2D eigenvalue weighted by Crippen LogP contribution is -2.36. The summed E-state index contributed by atoms with van der Waals surface area (Å²) >= 11 is 0. The first kappa shape index (κ1) is 14.5. The van der Waals surface area contributed by atoms with Crippen molar-refractivity contribution in [2.24, 2.45) is 0 Å². The summed E-state index contributed by atoms with van der Waals surface area (Å²) in [5.74, 6) is 1.40. The van der Waals surface area contributed by atoms with E-state index in [1.54, 1.807) is 12.4 Å². The monoisotopic (exact) mass is 300 g/mol. The van der Waals surface area contributed by atoms with Gasteiger partial charge in [-0.2, -0.15) is 5.10 Å². The predicted octanol–water partition coefficient (Wildman–Crippen LogP) is 1.05. The van der Waals surface area contributed by atoms with Gasteiger partial charge in [-0.3, -0.25) is 4.79 Å². The van der Waals surface area contributed by atoms with Crippen LogP contribution in [-0.2, 0) is 6.54 Å². The van der Waals surface area contributed by atoms with Crippen LogP contribution in [0, 0.1) is 0 Å². The molecule has 2 aromatic heterocycles. The van der Waals surface area contributed by atoms with E-state index in [0.29, 0.717) is 12.4 Å². The normalized spacial score (nSPS) is 15.7. The minimum Gasteiger partial charge on any atom is -0.353 e. The summed E-state index contributed by atoms with van der Waals surface area (Å²) in [5.41, 5.74) is 0. The number of nitrogens with zero attached hydrogens (tertiary/aromatic N) is 6. The second kappa shape index (κ2) is 6.55. The van der Waals surface area contributed by atoms with E-state index in [2.05, 4.69) is 20.1 Å². The van der Waals surface area contributed by atoms with E-state index >= 15 is 0 Å². The first-order valence-corrected chi connectivity index (χ1v) is 7.62. The van der Waals surface area contributed by atoms with Gasteiger partial charge in [-0.25, -0.2) is 4.98 Å². The van der Waals surface area contributed by atoms with Crippen LogP contribution in [0.2, 0.25) is 0 Å². The SMILES string of the molecule is CCn1ccnc1C(=O)N1CCCN(c2cccnn2)CC1. The zero-order chi connectivity index (χ0) is 15.4. The Labute approximate surface area is 129 Å². The van der Waals surface area contributed by atoms with Crippen LogP contribution in [-0.4, -0.2) is 56.7 Å². The zero-order valence-corrected chi connectivity index (χ0v) is 12.7. The Morgan fingerprint density at radius 1 is 1.23 bits per heavy atom. The number of aryl methyl sites for hydroxylation is 1. The Hall–Kier alpha value is -2.44. The Kier molecular flexibility index (Phi) is 4.32. The minimum atomic E-state index is 0.00726. The van der Waals surface area contributed by atoms with Crippen LogP contribution in [0.1, 0.15) is 24.0 Å². The Morgan fingerprint density at radius 3 is 2.91 bits per heavy atom. The molecule has 7 nitrogen and oxygen atoms in total. The van der Waals surface area contributed by atoms with Gasteiger partial charge in [-0.15, -0.1) is 5.10 Å². The smallest absolute Gasteiger partial charge is 0.289 e. The Bertz CT molecular complexity index is 626. The Morgan fingerprint density at radius 2 is 2.14 bits per heavy atom. The van der Waals surface area contributed by atoms with Crippen molar-refractivity contribution in [3.63, 3.8) is 0 Å². The summed E-state index contributed by atoms with van der Waals surface area (Å²) in [6, 6.07) is 3.84. The summed E-state index contributed by atoms with van der Waals surface area (Å²) in [7, 11) is 0. The predicted molar refractivity (Wildman–Crippen MR) is 82.7 cm³/mol. The van der Waals surface area contributed by atoms with Crippen molar-refractivity contribution in [1.82, 2.24) is 24.6 Å². The van der Waals surface area contributed by atoms with E-state index in [-0.39, 0.29) is 5.91 Å². The molecule has 2 aromatic rings. The molecule has 1 saturated heterocycles. The van der Waals surface area contributed by atoms with Gasteiger partial charge in [0.1, 0.15) is 0 Å². The molecule has 22 heavy (non-hydrogen) atoms. The number of anilines is 1. The summed E-state index contributed by atoms with van der Waals surface area (Å²) in [6.45, 7) is 5.82. The lowest BCUT2D eigenvalue weighted by atomic mass is 10.3. The van der Waals surface area contributed by atoms with Crippen LogP contribution in [0.5, 0.6) is 0 Å². The van der Waals surface area contributed by atoms with Gasteiger partial charge >= 0.3 is 0 Å². The summed E-state index contributed by atoms with van der Waals surface area (Å²) in [5, 5.41) is 8.07. The summed E-state index contributed by atoms with van der Waals surface area (Å²) in [4.78, 5) is 20.9. The first-order chi connectivity index (χ1) is 10.8.